The summed E-state index contributed by atoms with van der Waals surface area (Å²) in [5, 5.41) is 0. The molecule has 0 radical (unpaired) electrons. The van der Waals surface area contributed by atoms with Gasteiger partial charge in [0, 0.05) is 8.07 Å². The topological polar surface area (TPSA) is 35.5 Å². The van der Waals surface area contributed by atoms with Gasteiger partial charge in [-0.25, -0.2) is 4.79 Å². The number of hydrogen-bond donors (Lipinski definition) is 0. The van der Waals surface area contributed by atoms with Gasteiger partial charge in [-0.15, -0.1) is 0 Å². The third-order valence-electron chi connectivity index (χ3n) is 3.59. The van der Waals surface area contributed by atoms with E-state index < -0.39 is 16.4 Å². The molecule has 1 unspecified atom stereocenters. The van der Waals surface area contributed by atoms with Crippen LogP contribution in [-0.2, 0) is 9.16 Å². The lowest BCUT2D eigenvalue weighted by Crippen LogP contribution is -2.28. The maximum atomic E-state index is 11.6. The standard InChI is InChI=1S/C18H32O3Si2/c1-20-18(19)16-12-10-15(11-13-16)17(21-23(5,6)7)9-8-14-22(2,3)4/h10-13,17H,8-9,14H2,1-7H3. The summed E-state index contributed by atoms with van der Waals surface area (Å²) in [7, 11) is -1.23. The maximum Gasteiger partial charge on any atom is 0.337 e. The minimum atomic E-state index is -1.62. The van der Waals surface area contributed by atoms with E-state index in [2.05, 4.69) is 39.3 Å². The molecule has 1 aromatic rings. The van der Waals surface area contributed by atoms with Gasteiger partial charge in [-0.2, -0.15) is 0 Å². The van der Waals surface area contributed by atoms with Gasteiger partial charge in [0.15, 0.2) is 8.32 Å². The monoisotopic (exact) mass is 352 g/mol. The van der Waals surface area contributed by atoms with Gasteiger partial charge in [0.1, 0.15) is 0 Å². The van der Waals surface area contributed by atoms with Gasteiger partial charge in [-0.1, -0.05) is 44.2 Å². The minimum Gasteiger partial charge on any atom is -0.465 e. The number of esters is 1. The van der Waals surface area contributed by atoms with Crippen molar-refractivity contribution in [2.75, 3.05) is 7.11 Å². The van der Waals surface area contributed by atoms with Crippen molar-refractivity contribution in [2.24, 2.45) is 0 Å². The molecule has 0 saturated carbocycles. The van der Waals surface area contributed by atoms with Crippen LogP contribution in [0.3, 0.4) is 0 Å². The molecular weight excluding hydrogens is 320 g/mol. The summed E-state index contributed by atoms with van der Waals surface area (Å²) in [6, 6.07) is 9.00. The molecule has 0 aliphatic carbocycles. The van der Waals surface area contributed by atoms with Gasteiger partial charge in [-0.05, 0) is 43.8 Å². The second-order valence-corrected chi connectivity index (χ2v) is 18.4. The molecule has 0 spiro atoms. The zero-order chi connectivity index (χ0) is 17.7. The second-order valence-electron chi connectivity index (χ2n) is 8.29. The third kappa shape index (κ3) is 7.95. The summed E-state index contributed by atoms with van der Waals surface area (Å²) < 4.78 is 11.2. The first-order valence-corrected chi connectivity index (χ1v) is 15.5. The van der Waals surface area contributed by atoms with Crippen LogP contribution in [0.15, 0.2) is 24.3 Å². The Labute approximate surface area is 143 Å². The fraction of sp³-hybridized carbons (Fsp3) is 0.611. The average molecular weight is 353 g/mol. The van der Waals surface area contributed by atoms with Gasteiger partial charge >= 0.3 is 5.97 Å². The Morgan fingerprint density at radius 2 is 1.61 bits per heavy atom. The molecule has 1 atom stereocenters. The van der Waals surface area contributed by atoms with Crippen molar-refractivity contribution in [3.8, 4) is 0 Å². The van der Waals surface area contributed by atoms with Crippen LogP contribution in [0.25, 0.3) is 0 Å². The van der Waals surface area contributed by atoms with Crippen LogP contribution in [0.4, 0.5) is 0 Å². The van der Waals surface area contributed by atoms with E-state index in [1.807, 2.05) is 24.3 Å². The fourth-order valence-electron chi connectivity index (χ4n) is 2.49. The molecule has 0 aliphatic rings. The van der Waals surface area contributed by atoms with Crippen molar-refractivity contribution in [2.45, 2.75) is 64.3 Å². The Hall–Kier alpha value is -0.916. The SMILES string of the molecule is COC(=O)c1ccc(C(CCC[Si](C)(C)C)O[Si](C)(C)C)cc1. The first-order chi connectivity index (χ1) is 10.5. The number of carbonyl (C=O) groups is 1. The van der Waals surface area contributed by atoms with E-state index in [0.29, 0.717) is 5.56 Å². The molecule has 0 bridgehead atoms. The molecule has 23 heavy (non-hydrogen) atoms. The molecule has 1 rings (SSSR count). The molecule has 0 saturated heterocycles. The molecule has 0 aliphatic heterocycles. The van der Waals surface area contributed by atoms with Crippen LogP contribution in [0, 0.1) is 0 Å². The molecule has 0 fully saturated rings. The Kier molecular flexibility index (Phi) is 7.23. The summed E-state index contributed by atoms with van der Waals surface area (Å²) in [6.07, 6.45) is 2.38. The number of methoxy groups -OCH3 is 1. The molecule has 5 heteroatoms. The van der Waals surface area contributed by atoms with Gasteiger partial charge in [0.25, 0.3) is 0 Å². The van der Waals surface area contributed by atoms with E-state index in [1.165, 1.54) is 19.6 Å². The molecule has 130 valence electrons. The highest BCUT2D eigenvalue weighted by molar-refractivity contribution is 6.76. The molecule has 0 amide bonds. The number of ether oxygens (including phenoxy) is 1. The fourth-order valence-corrected chi connectivity index (χ4v) is 4.86. The van der Waals surface area contributed by atoms with Crippen LogP contribution in [0.5, 0.6) is 0 Å². The van der Waals surface area contributed by atoms with Crippen LogP contribution in [-0.4, -0.2) is 29.5 Å². The summed E-state index contributed by atoms with van der Waals surface area (Å²) in [4.78, 5) is 11.6. The lowest BCUT2D eigenvalue weighted by Gasteiger charge is -2.28. The van der Waals surface area contributed by atoms with E-state index in [4.69, 9.17) is 9.16 Å². The number of rotatable bonds is 8. The zero-order valence-electron chi connectivity index (χ0n) is 15.7. The Morgan fingerprint density at radius 3 is 2.04 bits per heavy atom. The molecule has 1 aromatic carbocycles. The number of hydrogen-bond acceptors (Lipinski definition) is 3. The van der Waals surface area contributed by atoms with Crippen LogP contribution in [0.1, 0.15) is 34.9 Å². The van der Waals surface area contributed by atoms with E-state index in [9.17, 15) is 4.79 Å². The van der Waals surface area contributed by atoms with E-state index in [0.717, 1.165) is 12.0 Å². The highest BCUT2D eigenvalue weighted by atomic mass is 28.4. The summed E-state index contributed by atoms with van der Waals surface area (Å²) in [5.74, 6) is -0.294. The van der Waals surface area contributed by atoms with Crippen molar-refractivity contribution < 1.29 is 14.0 Å². The maximum absolute atomic E-state index is 11.6. The second kappa shape index (κ2) is 8.26. The first kappa shape index (κ1) is 20.1. The van der Waals surface area contributed by atoms with Gasteiger partial charge in [-0.3, -0.25) is 0 Å². The number of benzene rings is 1. The van der Waals surface area contributed by atoms with Gasteiger partial charge < -0.3 is 9.16 Å². The highest BCUT2D eigenvalue weighted by Crippen LogP contribution is 2.29. The van der Waals surface area contributed by atoms with Crippen molar-refractivity contribution in [1.29, 1.82) is 0 Å². The van der Waals surface area contributed by atoms with Crippen molar-refractivity contribution in [3.63, 3.8) is 0 Å². The average Bonchev–Trinajstić information content (AvgIpc) is 2.43. The van der Waals surface area contributed by atoms with Crippen LogP contribution in [0.2, 0.25) is 45.3 Å². The Morgan fingerprint density at radius 1 is 1.04 bits per heavy atom. The summed E-state index contributed by atoms with van der Waals surface area (Å²) >= 11 is 0. The van der Waals surface area contributed by atoms with E-state index in [-0.39, 0.29) is 12.1 Å². The van der Waals surface area contributed by atoms with Crippen LogP contribution >= 0.6 is 0 Å². The smallest absolute Gasteiger partial charge is 0.337 e. The predicted molar refractivity (Wildman–Crippen MR) is 102 cm³/mol. The van der Waals surface area contributed by atoms with Crippen molar-refractivity contribution >= 4 is 22.4 Å². The van der Waals surface area contributed by atoms with Gasteiger partial charge in [0.05, 0.1) is 18.8 Å². The molecule has 0 heterocycles. The third-order valence-corrected chi connectivity index (χ3v) is 6.44. The summed E-state index contributed by atoms with van der Waals surface area (Å²) in [5.41, 5.74) is 1.75. The molecule has 0 N–H and O–H groups in total. The molecule has 3 nitrogen and oxygen atoms in total. The Balaban J connectivity index is 2.84. The lowest BCUT2D eigenvalue weighted by atomic mass is 10.0. The van der Waals surface area contributed by atoms with Crippen molar-refractivity contribution in [3.05, 3.63) is 35.4 Å². The van der Waals surface area contributed by atoms with Gasteiger partial charge in [0.2, 0.25) is 0 Å². The molecule has 0 aromatic heterocycles. The first-order valence-electron chi connectivity index (χ1n) is 8.38. The highest BCUT2D eigenvalue weighted by Gasteiger charge is 2.23. The molecular formula is C18H32O3Si2. The quantitative estimate of drug-likeness (QED) is 0.459. The normalized spacial score (nSPS) is 13.7. The Bertz CT molecular complexity index is 498. The van der Waals surface area contributed by atoms with Crippen molar-refractivity contribution in [1.82, 2.24) is 0 Å². The van der Waals surface area contributed by atoms with Crippen LogP contribution < -0.4 is 0 Å². The lowest BCUT2D eigenvalue weighted by molar-refractivity contribution is 0.0600. The zero-order valence-corrected chi connectivity index (χ0v) is 17.7. The minimum absolute atomic E-state index is 0.129. The van der Waals surface area contributed by atoms with E-state index >= 15 is 0 Å². The largest absolute Gasteiger partial charge is 0.465 e. The predicted octanol–water partition coefficient (Wildman–Crippen LogP) is 5.48. The van der Waals surface area contributed by atoms with E-state index in [1.54, 1.807) is 0 Å². The summed E-state index contributed by atoms with van der Waals surface area (Å²) in [6.45, 7) is 13.9. The number of carbonyl (C=O) groups excluding carboxylic acids is 1.